The number of carbonyl (C=O) groups excluding carboxylic acids is 1. The number of allylic oxidation sites excluding steroid dienone is 2. The second kappa shape index (κ2) is 4.77. The molecular formula is C15H22O2. The van der Waals surface area contributed by atoms with Gasteiger partial charge in [-0.2, -0.15) is 0 Å². The van der Waals surface area contributed by atoms with Crippen molar-refractivity contribution in [2.75, 3.05) is 6.61 Å². The summed E-state index contributed by atoms with van der Waals surface area (Å²) < 4.78 is 0. The van der Waals surface area contributed by atoms with Gasteiger partial charge in [0.1, 0.15) is 0 Å². The molecule has 0 spiro atoms. The first-order valence-electron chi connectivity index (χ1n) is 6.57. The summed E-state index contributed by atoms with van der Waals surface area (Å²) in [6, 6.07) is 0. The zero-order chi connectivity index (χ0) is 12.6. The van der Waals surface area contributed by atoms with Gasteiger partial charge in [0.05, 0.1) is 6.61 Å². The van der Waals surface area contributed by atoms with E-state index in [-0.39, 0.29) is 12.4 Å². The molecule has 0 radical (unpaired) electrons. The first kappa shape index (κ1) is 12.6. The summed E-state index contributed by atoms with van der Waals surface area (Å²) in [4.78, 5) is 11.8. The third kappa shape index (κ3) is 2.23. The van der Waals surface area contributed by atoms with Gasteiger partial charge in [0.15, 0.2) is 5.78 Å². The van der Waals surface area contributed by atoms with E-state index in [9.17, 15) is 9.90 Å². The molecule has 2 aliphatic carbocycles. The Balaban J connectivity index is 2.32. The van der Waals surface area contributed by atoms with E-state index in [0.717, 1.165) is 6.42 Å². The van der Waals surface area contributed by atoms with Crippen LogP contribution in [-0.4, -0.2) is 17.5 Å². The molecule has 0 heterocycles. The molecular weight excluding hydrogens is 212 g/mol. The standard InChI is InChI=1S/C15H22O2/c1-9(2)12-5-4-10(3)13-7-15(17)11(8-16)6-14(12)13/h6,9,12-14,16H,3-5,7-8H2,1-2H3. The minimum atomic E-state index is -0.112. The molecule has 0 aromatic heterocycles. The van der Waals surface area contributed by atoms with Crippen LogP contribution in [0, 0.1) is 23.7 Å². The lowest BCUT2D eigenvalue weighted by molar-refractivity contribution is -0.118. The molecule has 0 aromatic rings. The highest BCUT2D eigenvalue weighted by molar-refractivity contribution is 5.96. The van der Waals surface area contributed by atoms with Crippen molar-refractivity contribution in [3.8, 4) is 0 Å². The van der Waals surface area contributed by atoms with Gasteiger partial charge in [0.2, 0.25) is 0 Å². The fourth-order valence-corrected chi connectivity index (χ4v) is 3.40. The predicted molar refractivity (Wildman–Crippen MR) is 68.5 cm³/mol. The lowest BCUT2D eigenvalue weighted by Gasteiger charge is -2.42. The number of aliphatic hydroxyl groups is 1. The van der Waals surface area contributed by atoms with Crippen molar-refractivity contribution in [2.24, 2.45) is 23.7 Å². The molecule has 3 unspecified atom stereocenters. The maximum atomic E-state index is 11.8. The van der Waals surface area contributed by atoms with E-state index in [1.807, 2.05) is 6.08 Å². The summed E-state index contributed by atoms with van der Waals surface area (Å²) in [5.41, 5.74) is 1.85. The van der Waals surface area contributed by atoms with E-state index in [0.29, 0.717) is 35.7 Å². The highest BCUT2D eigenvalue weighted by atomic mass is 16.3. The third-order valence-electron chi connectivity index (χ3n) is 4.47. The Labute approximate surface area is 103 Å². The van der Waals surface area contributed by atoms with Gasteiger partial charge in [-0.15, -0.1) is 0 Å². The molecule has 1 N–H and O–H groups in total. The first-order chi connectivity index (χ1) is 8.04. The van der Waals surface area contributed by atoms with Crippen molar-refractivity contribution in [1.82, 2.24) is 0 Å². The molecule has 1 fully saturated rings. The largest absolute Gasteiger partial charge is 0.392 e. The number of fused-ring (bicyclic) bond motifs is 1. The summed E-state index contributed by atoms with van der Waals surface area (Å²) in [6.07, 6.45) is 4.81. The summed E-state index contributed by atoms with van der Waals surface area (Å²) in [6.45, 7) is 8.52. The van der Waals surface area contributed by atoms with Crippen LogP contribution in [0.3, 0.4) is 0 Å². The molecule has 0 amide bonds. The summed E-state index contributed by atoms with van der Waals surface area (Å²) in [5, 5.41) is 9.23. The van der Waals surface area contributed by atoms with Crippen molar-refractivity contribution in [2.45, 2.75) is 33.1 Å². The van der Waals surface area contributed by atoms with Crippen LogP contribution in [0.5, 0.6) is 0 Å². The first-order valence-corrected chi connectivity index (χ1v) is 6.57. The lowest BCUT2D eigenvalue weighted by Crippen LogP contribution is -2.36. The van der Waals surface area contributed by atoms with E-state index in [1.54, 1.807) is 0 Å². The molecule has 2 nitrogen and oxygen atoms in total. The van der Waals surface area contributed by atoms with Crippen LogP contribution in [0.2, 0.25) is 0 Å². The lowest BCUT2D eigenvalue weighted by atomic mass is 9.62. The quantitative estimate of drug-likeness (QED) is 0.746. The molecule has 0 aromatic carbocycles. The fourth-order valence-electron chi connectivity index (χ4n) is 3.40. The SMILES string of the molecule is C=C1CCC(C(C)C)C2C=C(CO)C(=O)CC12. The third-order valence-corrected chi connectivity index (χ3v) is 4.47. The number of ketones is 1. The van der Waals surface area contributed by atoms with Gasteiger partial charge < -0.3 is 5.11 Å². The van der Waals surface area contributed by atoms with Gasteiger partial charge in [-0.25, -0.2) is 0 Å². The second-order valence-corrected chi connectivity index (χ2v) is 5.77. The van der Waals surface area contributed by atoms with Crippen LogP contribution in [0.4, 0.5) is 0 Å². The van der Waals surface area contributed by atoms with Crippen molar-refractivity contribution in [1.29, 1.82) is 0 Å². The van der Waals surface area contributed by atoms with E-state index >= 15 is 0 Å². The molecule has 94 valence electrons. The zero-order valence-corrected chi connectivity index (χ0v) is 10.8. The van der Waals surface area contributed by atoms with Gasteiger partial charge in [0, 0.05) is 12.0 Å². The molecule has 0 aliphatic heterocycles. The Morgan fingerprint density at radius 1 is 1.53 bits per heavy atom. The van der Waals surface area contributed by atoms with Crippen molar-refractivity contribution < 1.29 is 9.90 Å². The summed E-state index contributed by atoms with van der Waals surface area (Å²) in [7, 11) is 0. The highest BCUT2D eigenvalue weighted by Gasteiger charge is 2.39. The summed E-state index contributed by atoms with van der Waals surface area (Å²) >= 11 is 0. The average molecular weight is 234 g/mol. The fraction of sp³-hybridized carbons (Fsp3) is 0.667. The topological polar surface area (TPSA) is 37.3 Å². The number of rotatable bonds is 2. The normalized spacial score (nSPS) is 33.6. The van der Waals surface area contributed by atoms with Crippen LogP contribution in [0.1, 0.15) is 33.1 Å². The minimum absolute atomic E-state index is 0.110. The van der Waals surface area contributed by atoms with Crippen LogP contribution in [0.15, 0.2) is 23.8 Å². The van der Waals surface area contributed by atoms with E-state index < -0.39 is 0 Å². The molecule has 0 bridgehead atoms. The number of Topliss-reactive ketones (excluding diaryl/α,β-unsaturated/α-hetero) is 1. The summed E-state index contributed by atoms with van der Waals surface area (Å²) in [5.74, 6) is 2.09. The Morgan fingerprint density at radius 2 is 2.24 bits per heavy atom. The van der Waals surface area contributed by atoms with Gasteiger partial charge in [0.25, 0.3) is 0 Å². The van der Waals surface area contributed by atoms with Crippen molar-refractivity contribution in [3.05, 3.63) is 23.8 Å². The molecule has 2 rings (SSSR count). The Hall–Kier alpha value is -0.890. The highest BCUT2D eigenvalue weighted by Crippen LogP contribution is 2.46. The van der Waals surface area contributed by atoms with Crippen molar-refractivity contribution in [3.63, 3.8) is 0 Å². The van der Waals surface area contributed by atoms with Gasteiger partial charge in [-0.1, -0.05) is 32.1 Å². The Bertz CT molecular complexity index is 365. The van der Waals surface area contributed by atoms with Crippen molar-refractivity contribution >= 4 is 5.78 Å². The predicted octanol–water partition coefficient (Wildman–Crippen LogP) is 2.73. The molecule has 2 heteroatoms. The Morgan fingerprint density at radius 3 is 2.82 bits per heavy atom. The number of hydrogen-bond donors (Lipinski definition) is 1. The zero-order valence-electron chi connectivity index (χ0n) is 10.8. The Kier molecular flexibility index (Phi) is 3.53. The van der Waals surface area contributed by atoms with Crippen LogP contribution in [0.25, 0.3) is 0 Å². The molecule has 17 heavy (non-hydrogen) atoms. The molecule has 1 saturated carbocycles. The maximum Gasteiger partial charge on any atom is 0.161 e. The van der Waals surface area contributed by atoms with Crippen LogP contribution in [-0.2, 0) is 4.79 Å². The molecule has 2 aliphatic rings. The van der Waals surface area contributed by atoms with E-state index in [1.165, 1.54) is 12.0 Å². The average Bonchev–Trinajstić information content (AvgIpc) is 2.29. The van der Waals surface area contributed by atoms with Gasteiger partial charge in [-0.3, -0.25) is 4.79 Å². The molecule has 3 atom stereocenters. The number of aliphatic hydroxyl groups excluding tert-OH is 1. The number of hydrogen-bond acceptors (Lipinski definition) is 2. The van der Waals surface area contributed by atoms with E-state index in [4.69, 9.17) is 0 Å². The van der Waals surface area contributed by atoms with Crippen LogP contribution >= 0.6 is 0 Å². The minimum Gasteiger partial charge on any atom is -0.392 e. The van der Waals surface area contributed by atoms with Crippen LogP contribution < -0.4 is 0 Å². The second-order valence-electron chi connectivity index (χ2n) is 5.77. The van der Waals surface area contributed by atoms with Gasteiger partial charge >= 0.3 is 0 Å². The smallest absolute Gasteiger partial charge is 0.161 e. The van der Waals surface area contributed by atoms with Gasteiger partial charge in [-0.05, 0) is 36.5 Å². The monoisotopic (exact) mass is 234 g/mol. The number of carbonyl (C=O) groups is 1. The maximum absolute atomic E-state index is 11.8. The molecule has 0 saturated heterocycles. The van der Waals surface area contributed by atoms with E-state index in [2.05, 4.69) is 20.4 Å².